The maximum atomic E-state index is 12.0. The van der Waals surface area contributed by atoms with Crippen LogP contribution in [0.1, 0.15) is 44.0 Å². The van der Waals surface area contributed by atoms with Gasteiger partial charge < -0.3 is 10.6 Å². The first kappa shape index (κ1) is 14.1. The van der Waals surface area contributed by atoms with Crippen molar-refractivity contribution in [2.45, 2.75) is 39.2 Å². The molecular weight excluding hydrogens is 240 g/mol. The van der Waals surface area contributed by atoms with Crippen molar-refractivity contribution in [3.63, 3.8) is 0 Å². The van der Waals surface area contributed by atoms with E-state index in [4.69, 9.17) is 0 Å². The molecule has 1 aromatic rings. The lowest BCUT2D eigenvalue weighted by Crippen LogP contribution is -2.26. The monoisotopic (exact) mass is 264 g/mol. The Hall–Kier alpha value is -1.36. The minimum Gasteiger partial charge on any atom is -0.352 e. The lowest BCUT2D eigenvalue weighted by molar-refractivity contribution is 0.0951. The third-order valence-corrected chi connectivity index (χ3v) is 3.53. The van der Waals surface area contributed by atoms with Gasteiger partial charge in [-0.15, -0.1) is 0 Å². The predicted molar refractivity (Wildman–Crippen MR) is 75.1 cm³/mol. The van der Waals surface area contributed by atoms with Crippen LogP contribution in [0.25, 0.3) is 0 Å². The lowest BCUT2D eigenvalue weighted by atomic mass is 10.1. The molecular formula is C14H24N4O. The van der Waals surface area contributed by atoms with Crippen LogP contribution in [0.2, 0.25) is 0 Å². The average Bonchev–Trinajstić information content (AvgIpc) is 2.99. The number of amides is 1. The van der Waals surface area contributed by atoms with E-state index in [1.165, 1.54) is 6.42 Å². The molecule has 5 nitrogen and oxygen atoms in total. The van der Waals surface area contributed by atoms with E-state index in [9.17, 15) is 4.79 Å². The fraction of sp³-hybridized carbons (Fsp3) is 0.714. The third-order valence-electron chi connectivity index (χ3n) is 3.53. The van der Waals surface area contributed by atoms with Gasteiger partial charge >= 0.3 is 0 Å². The molecule has 0 saturated carbocycles. The smallest absolute Gasteiger partial charge is 0.254 e. The molecule has 1 saturated heterocycles. The Kier molecular flexibility index (Phi) is 4.24. The summed E-state index contributed by atoms with van der Waals surface area (Å²) in [6, 6.07) is 0. The molecule has 1 unspecified atom stereocenters. The van der Waals surface area contributed by atoms with Crippen LogP contribution in [0.5, 0.6) is 0 Å². The number of carbonyl (C=O) groups is 1. The zero-order valence-electron chi connectivity index (χ0n) is 12.1. The first-order valence-electron chi connectivity index (χ1n) is 7.01. The summed E-state index contributed by atoms with van der Waals surface area (Å²) in [6.07, 6.45) is 5.72. The standard InChI is InChI=1S/C14H24N4O/c1-14(2,3)18-10-12(9-17-18)13(19)16-7-5-11-4-6-15-8-11/h9-11,15H,4-8H2,1-3H3,(H,16,19). The van der Waals surface area contributed by atoms with Crippen LogP contribution in [-0.4, -0.2) is 35.3 Å². The Labute approximate surface area is 114 Å². The van der Waals surface area contributed by atoms with E-state index >= 15 is 0 Å². The summed E-state index contributed by atoms with van der Waals surface area (Å²) in [4.78, 5) is 12.0. The van der Waals surface area contributed by atoms with Crippen LogP contribution in [0.4, 0.5) is 0 Å². The van der Waals surface area contributed by atoms with E-state index in [0.717, 1.165) is 26.1 Å². The molecule has 0 aromatic carbocycles. The van der Waals surface area contributed by atoms with Crippen molar-refractivity contribution in [1.29, 1.82) is 0 Å². The Morgan fingerprint density at radius 3 is 2.95 bits per heavy atom. The van der Waals surface area contributed by atoms with Crippen molar-refractivity contribution in [3.05, 3.63) is 18.0 Å². The first-order chi connectivity index (χ1) is 8.97. The number of hydrogen-bond acceptors (Lipinski definition) is 3. The first-order valence-corrected chi connectivity index (χ1v) is 7.01. The number of carbonyl (C=O) groups excluding carboxylic acids is 1. The van der Waals surface area contributed by atoms with Gasteiger partial charge in [0.1, 0.15) is 0 Å². The van der Waals surface area contributed by atoms with Crippen LogP contribution in [-0.2, 0) is 5.54 Å². The van der Waals surface area contributed by atoms with E-state index < -0.39 is 0 Å². The van der Waals surface area contributed by atoms with Crippen LogP contribution >= 0.6 is 0 Å². The van der Waals surface area contributed by atoms with Gasteiger partial charge in [0.15, 0.2) is 0 Å². The second-order valence-electron chi connectivity index (χ2n) is 6.25. The maximum Gasteiger partial charge on any atom is 0.254 e. The normalized spacial score (nSPS) is 19.6. The van der Waals surface area contributed by atoms with Crippen LogP contribution in [0.3, 0.4) is 0 Å². The van der Waals surface area contributed by atoms with Crippen molar-refractivity contribution in [3.8, 4) is 0 Å². The van der Waals surface area contributed by atoms with Crippen LogP contribution < -0.4 is 10.6 Å². The number of hydrogen-bond donors (Lipinski definition) is 2. The molecule has 1 fully saturated rings. The lowest BCUT2D eigenvalue weighted by Gasteiger charge is -2.18. The summed E-state index contributed by atoms with van der Waals surface area (Å²) in [5, 5.41) is 10.5. The van der Waals surface area contributed by atoms with Crippen LogP contribution in [0, 0.1) is 5.92 Å². The molecule has 2 heterocycles. The van der Waals surface area contributed by atoms with Gasteiger partial charge in [-0.05, 0) is 52.6 Å². The molecule has 106 valence electrons. The van der Waals surface area contributed by atoms with Gasteiger partial charge in [0, 0.05) is 12.7 Å². The minimum atomic E-state index is -0.0892. The fourth-order valence-electron chi connectivity index (χ4n) is 2.26. The Morgan fingerprint density at radius 2 is 2.37 bits per heavy atom. The van der Waals surface area contributed by atoms with Crippen molar-refractivity contribution in [2.24, 2.45) is 5.92 Å². The predicted octanol–water partition coefficient (Wildman–Crippen LogP) is 1.37. The molecule has 2 N–H and O–H groups in total. The number of nitrogens with zero attached hydrogens (tertiary/aromatic N) is 2. The molecule has 1 atom stereocenters. The topological polar surface area (TPSA) is 59.0 Å². The second kappa shape index (κ2) is 5.74. The number of aromatic nitrogens is 2. The largest absolute Gasteiger partial charge is 0.352 e. The average molecular weight is 264 g/mol. The Morgan fingerprint density at radius 1 is 1.58 bits per heavy atom. The van der Waals surface area contributed by atoms with E-state index in [1.54, 1.807) is 6.20 Å². The maximum absolute atomic E-state index is 12.0. The fourth-order valence-corrected chi connectivity index (χ4v) is 2.26. The third kappa shape index (κ3) is 3.80. The summed E-state index contributed by atoms with van der Waals surface area (Å²) in [7, 11) is 0. The quantitative estimate of drug-likeness (QED) is 0.863. The van der Waals surface area contributed by atoms with Crippen molar-refractivity contribution >= 4 is 5.91 Å². The van der Waals surface area contributed by atoms with Gasteiger partial charge in [0.2, 0.25) is 0 Å². The minimum absolute atomic E-state index is 0.0264. The molecule has 1 aromatic heterocycles. The molecule has 0 spiro atoms. The van der Waals surface area contributed by atoms with E-state index in [0.29, 0.717) is 11.5 Å². The molecule has 1 aliphatic heterocycles. The molecule has 2 rings (SSSR count). The summed E-state index contributed by atoms with van der Waals surface area (Å²) in [6.45, 7) is 9.12. The molecule has 0 radical (unpaired) electrons. The summed E-state index contributed by atoms with van der Waals surface area (Å²) in [5.41, 5.74) is 0.549. The Balaban J connectivity index is 1.81. The molecule has 5 heteroatoms. The molecule has 1 aliphatic rings. The number of rotatable bonds is 4. The highest BCUT2D eigenvalue weighted by Crippen LogP contribution is 2.13. The van der Waals surface area contributed by atoms with Crippen molar-refractivity contribution in [1.82, 2.24) is 20.4 Å². The molecule has 0 bridgehead atoms. The number of nitrogens with one attached hydrogen (secondary N) is 2. The van der Waals surface area contributed by atoms with Gasteiger partial charge in [0.05, 0.1) is 17.3 Å². The molecule has 0 aliphatic carbocycles. The second-order valence-corrected chi connectivity index (χ2v) is 6.25. The van der Waals surface area contributed by atoms with Gasteiger partial charge in [-0.3, -0.25) is 9.48 Å². The van der Waals surface area contributed by atoms with Gasteiger partial charge in [-0.2, -0.15) is 5.10 Å². The highest BCUT2D eigenvalue weighted by molar-refractivity contribution is 5.93. The molecule has 19 heavy (non-hydrogen) atoms. The van der Waals surface area contributed by atoms with E-state index in [1.807, 2.05) is 10.9 Å². The highest BCUT2D eigenvalue weighted by atomic mass is 16.1. The zero-order valence-corrected chi connectivity index (χ0v) is 12.1. The Bertz CT molecular complexity index is 427. The van der Waals surface area contributed by atoms with Gasteiger partial charge in [0.25, 0.3) is 5.91 Å². The van der Waals surface area contributed by atoms with Crippen LogP contribution in [0.15, 0.2) is 12.4 Å². The summed E-state index contributed by atoms with van der Waals surface area (Å²) in [5.74, 6) is 0.680. The van der Waals surface area contributed by atoms with Gasteiger partial charge in [-0.25, -0.2) is 0 Å². The highest BCUT2D eigenvalue weighted by Gasteiger charge is 2.17. The van der Waals surface area contributed by atoms with E-state index in [-0.39, 0.29) is 11.4 Å². The molecule has 1 amide bonds. The van der Waals surface area contributed by atoms with Crippen molar-refractivity contribution in [2.75, 3.05) is 19.6 Å². The van der Waals surface area contributed by atoms with Gasteiger partial charge in [-0.1, -0.05) is 0 Å². The van der Waals surface area contributed by atoms with E-state index in [2.05, 4.69) is 36.5 Å². The van der Waals surface area contributed by atoms with Crippen molar-refractivity contribution < 1.29 is 4.79 Å². The summed E-state index contributed by atoms with van der Waals surface area (Å²) >= 11 is 0. The summed E-state index contributed by atoms with van der Waals surface area (Å²) < 4.78 is 1.82. The zero-order chi connectivity index (χ0) is 13.9. The SMILES string of the molecule is CC(C)(C)n1cc(C(=O)NCCC2CCNC2)cn1.